The monoisotopic (exact) mass is 219 g/mol. The highest BCUT2D eigenvalue weighted by Crippen LogP contribution is 2.05. The molecule has 2 aromatic heterocycles. The van der Waals surface area contributed by atoms with Gasteiger partial charge >= 0.3 is 0 Å². The lowest BCUT2D eigenvalue weighted by Crippen LogP contribution is -2.19. The fraction of sp³-hybridized carbons (Fsp3) is 0.333. The second kappa shape index (κ2) is 4.67. The van der Waals surface area contributed by atoms with Crippen molar-refractivity contribution in [2.75, 3.05) is 0 Å². The molecule has 0 bridgehead atoms. The number of hydrogen-bond acceptors (Lipinski definition) is 5. The van der Waals surface area contributed by atoms with E-state index >= 15 is 0 Å². The molecule has 0 amide bonds. The summed E-state index contributed by atoms with van der Waals surface area (Å²) in [5, 5.41) is 21.1. The molecule has 0 aliphatic rings. The van der Waals surface area contributed by atoms with Crippen LogP contribution < -0.4 is 5.32 Å². The molecule has 0 radical (unpaired) electrons. The van der Waals surface area contributed by atoms with Crippen molar-refractivity contribution in [1.82, 2.24) is 35.7 Å². The standard InChI is InChI=1S/C9H13N7/c1-3-16-6-8(5-11-16)4-10-7(2)9-12-14-15-13-9/h3,5-7,10H,1,4H2,2H3,(H,12,13,14,15). The predicted octanol–water partition coefficient (Wildman–Crippen LogP) is 0.347. The molecule has 0 aliphatic carbocycles. The van der Waals surface area contributed by atoms with Gasteiger partial charge in [0.25, 0.3) is 0 Å². The summed E-state index contributed by atoms with van der Waals surface area (Å²) in [5.41, 5.74) is 1.08. The zero-order valence-corrected chi connectivity index (χ0v) is 8.96. The lowest BCUT2D eigenvalue weighted by Gasteiger charge is -2.07. The summed E-state index contributed by atoms with van der Waals surface area (Å²) in [4.78, 5) is 0. The smallest absolute Gasteiger partial charge is 0.191 e. The van der Waals surface area contributed by atoms with Crippen LogP contribution in [-0.2, 0) is 6.54 Å². The summed E-state index contributed by atoms with van der Waals surface area (Å²) in [5.74, 6) is 0.649. The third-order valence-corrected chi connectivity index (χ3v) is 2.20. The van der Waals surface area contributed by atoms with Gasteiger partial charge in [0, 0.05) is 24.5 Å². The molecule has 2 N–H and O–H groups in total. The molecule has 0 fully saturated rings. The van der Waals surface area contributed by atoms with Gasteiger partial charge in [0.2, 0.25) is 0 Å². The van der Waals surface area contributed by atoms with Crippen LogP contribution in [0, 0.1) is 0 Å². The quantitative estimate of drug-likeness (QED) is 0.757. The highest BCUT2D eigenvalue weighted by Gasteiger charge is 2.09. The molecule has 2 heterocycles. The lowest BCUT2D eigenvalue weighted by atomic mass is 10.3. The topological polar surface area (TPSA) is 84.3 Å². The minimum atomic E-state index is 0.0471. The highest BCUT2D eigenvalue weighted by molar-refractivity contribution is 5.17. The second-order valence-electron chi connectivity index (χ2n) is 3.38. The Kier molecular flexibility index (Phi) is 3.06. The van der Waals surface area contributed by atoms with Crippen LogP contribution in [0.1, 0.15) is 24.4 Å². The van der Waals surface area contributed by atoms with E-state index in [1.807, 2.05) is 13.1 Å². The van der Waals surface area contributed by atoms with Crippen LogP contribution in [-0.4, -0.2) is 30.4 Å². The van der Waals surface area contributed by atoms with Gasteiger partial charge in [0.15, 0.2) is 5.82 Å². The Hall–Kier alpha value is -2.02. The van der Waals surface area contributed by atoms with Crippen molar-refractivity contribution >= 4 is 6.20 Å². The largest absolute Gasteiger partial charge is 0.303 e. The van der Waals surface area contributed by atoms with Gasteiger partial charge in [0.05, 0.1) is 12.2 Å². The summed E-state index contributed by atoms with van der Waals surface area (Å²) < 4.78 is 1.66. The third-order valence-electron chi connectivity index (χ3n) is 2.20. The van der Waals surface area contributed by atoms with Crippen molar-refractivity contribution in [2.24, 2.45) is 0 Å². The molecule has 0 aromatic carbocycles. The van der Waals surface area contributed by atoms with Crippen LogP contribution in [0.2, 0.25) is 0 Å². The molecular weight excluding hydrogens is 206 g/mol. The minimum Gasteiger partial charge on any atom is -0.303 e. The van der Waals surface area contributed by atoms with Crippen molar-refractivity contribution in [2.45, 2.75) is 19.5 Å². The maximum absolute atomic E-state index is 4.08. The summed E-state index contributed by atoms with van der Waals surface area (Å²) in [6.45, 7) is 6.30. The molecule has 7 nitrogen and oxygen atoms in total. The average molecular weight is 219 g/mol. The SMILES string of the molecule is C=Cn1cc(CNC(C)c2nn[nH]n2)cn1. The van der Waals surface area contributed by atoms with Crippen LogP contribution in [0.15, 0.2) is 19.0 Å². The van der Waals surface area contributed by atoms with E-state index in [0.717, 1.165) is 5.56 Å². The van der Waals surface area contributed by atoms with Crippen LogP contribution in [0.25, 0.3) is 6.20 Å². The van der Waals surface area contributed by atoms with Crippen molar-refractivity contribution in [3.63, 3.8) is 0 Å². The number of aromatic amines is 1. The number of nitrogens with zero attached hydrogens (tertiary/aromatic N) is 5. The Labute approximate surface area is 92.6 Å². The average Bonchev–Trinajstić information content (AvgIpc) is 2.96. The summed E-state index contributed by atoms with van der Waals surface area (Å²) in [6, 6.07) is 0.0471. The summed E-state index contributed by atoms with van der Waals surface area (Å²) >= 11 is 0. The van der Waals surface area contributed by atoms with Crippen molar-refractivity contribution in [3.8, 4) is 0 Å². The molecule has 84 valence electrons. The van der Waals surface area contributed by atoms with E-state index in [2.05, 4.69) is 37.6 Å². The van der Waals surface area contributed by atoms with E-state index in [0.29, 0.717) is 12.4 Å². The number of tetrazole rings is 1. The molecule has 7 heteroatoms. The summed E-state index contributed by atoms with van der Waals surface area (Å²) in [7, 11) is 0. The zero-order chi connectivity index (χ0) is 11.4. The minimum absolute atomic E-state index is 0.0471. The normalized spacial score (nSPS) is 12.6. The van der Waals surface area contributed by atoms with E-state index in [9.17, 15) is 0 Å². The first-order valence-corrected chi connectivity index (χ1v) is 4.92. The molecule has 0 saturated carbocycles. The van der Waals surface area contributed by atoms with E-state index < -0.39 is 0 Å². The molecule has 2 aromatic rings. The Balaban J connectivity index is 1.89. The van der Waals surface area contributed by atoms with E-state index in [1.54, 1.807) is 17.1 Å². The number of rotatable bonds is 5. The maximum Gasteiger partial charge on any atom is 0.191 e. The van der Waals surface area contributed by atoms with Gasteiger partial charge in [-0.05, 0) is 6.92 Å². The number of aromatic nitrogens is 6. The van der Waals surface area contributed by atoms with Crippen molar-refractivity contribution in [3.05, 3.63) is 30.4 Å². The van der Waals surface area contributed by atoms with Crippen LogP contribution >= 0.6 is 0 Å². The van der Waals surface area contributed by atoms with Crippen LogP contribution in [0.4, 0.5) is 0 Å². The fourth-order valence-corrected chi connectivity index (χ4v) is 1.28. The van der Waals surface area contributed by atoms with E-state index in [-0.39, 0.29) is 6.04 Å². The molecule has 1 unspecified atom stereocenters. The first kappa shape index (κ1) is 10.5. The van der Waals surface area contributed by atoms with Crippen molar-refractivity contribution in [1.29, 1.82) is 0 Å². The molecule has 0 spiro atoms. The molecule has 16 heavy (non-hydrogen) atoms. The van der Waals surface area contributed by atoms with Crippen LogP contribution in [0.5, 0.6) is 0 Å². The maximum atomic E-state index is 4.08. The Morgan fingerprint density at radius 3 is 3.19 bits per heavy atom. The van der Waals surface area contributed by atoms with Crippen molar-refractivity contribution < 1.29 is 0 Å². The van der Waals surface area contributed by atoms with Gasteiger partial charge in [-0.15, -0.1) is 10.2 Å². The molecular formula is C9H13N7. The Morgan fingerprint density at radius 2 is 2.56 bits per heavy atom. The molecule has 0 aliphatic heterocycles. The van der Waals surface area contributed by atoms with Gasteiger partial charge in [0.1, 0.15) is 0 Å². The van der Waals surface area contributed by atoms with Gasteiger partial charge in [-0.2, -0.15) is 10.3 Å². The number of nitrogens with one attached hydrogen (secondary N) is 2. The zero-order valence-electron chi connectivity index (χ0n) is 8.96. The molecule has 2 rings (SSSR count). The van der Waals surface area contributed by atoms with Crippen LogP contribution in [0.3, 0.4) is 0 Å². The van der Waals surface area contributed by atoms with E-state index in [1.165, 1.54) is 0 Å². The fourth-order valence-electron chi connectivity index (χ4n) is 1.28. The predicted molar refractivity (Wildman–Crippen MR) is 58.0 cm³/mol. The first-order chi connectivity index (χ1) is 7.79. The highest BCUT2D eigenvalue weighted by atomic mass is 15.5. The third kappa shape index (κ3) is 2.31. The first-order valence-electron chi connectivity index (χ1n) is 4.92. The molecule has 1 atom stereocenters. The second-order valence-corrected chi connectivity index (χ2v) is 3.38. The molecule has 0 saturated heterocycles. The van der Waals surface area contributed by atoms with Gasteiger partial charge in [-0.25, -0.2) is 4.68 Å². The van der Waals surface area contributed by atoms with Gasteiger partial charge in [-0.1, -0.05) is 11.8 Å². The van der Waals surface area contributed by atoms with E-state index in [4.69, 9.17) is 0 Å². The Morgan fingerprint density at radius 1 is 1.69 bits per heavy atom. The Bertz CT molecular complexity index is 444. The summed E-state index contributed by atoms with van der Waals surface area (Å²) in [6.07, 6.45) is 5.34. The van der Waals surface area contributed by atoms with Gasteiger partial charge in [-0.3, -0.25) is 0 Å². The van der Waals surface area contributed by atoms with Gasteiger partial charge < -0.3 is 5.32 Å². The lowest BCUT2D eigenvalue weighted by molar-refractivity contribution is 0.547. The number of hydrogen-bond donors (Lipinski definition) is 2. The number of H-pyrrole nitrogens is 1.